The van der Waals surface area contributed by atoms with E-state index in [-0.39, 0.29) is 29.3 Å². The number of carbonyl (C=O) groups is 1. The zero-order valence-electron chi connectivity index (χ0n) is 19.0. The molecule has 1 aromatic carbocycles. The SMILES string of the molecule is Cn1cnc(C2CC3CC(O)(CNc4ncc(F)cn4)CC3C2)c1C(=O)Nc1ccc(F)c(Cl)c1. The van der Waals surface area contributed by atoms with E-state index in [1.54, 1.807) is 17.9 Å². The molecule has 5 rings (SSSR count). The fraction of sp³-hybridized carbons (Fsp3) is 0.417. The number of halogens is 3. The average Bonchev–Trinajstić information content (AvgIpc) is 3.47. The zero-order valence-corrected chi connectivity index (χ0v) is 19.8. The number of hydrogen-bond donors (Lipinski definition) is 3. The highest BCUT2D eigenvalue weighted by molar-refractivity contribution is 6.31. The Hall–Kier alpha value is -3.11. The Morgan fingerprint density at radius 1 is 1.20 bits per heavy atom. The maximum Gasteiger partial charge on any atom is 0.274 e. The molecule has 0 bridgehead atoms. The molecular formula is C24H25ClF2N6O2. The van der Waals surface area contributed by atoms with Crippen molar-refractivity contribution in [3.8, 4) is 0 Å². The van der Waals surface area contributed by atoms with E-state index in [1.807, 2.05) is 0 Å². The predicted octanol–water partition coefficient (Wildman–Crippen LogP) is 4.14. The van der Waals surface area contributed by atoms with Gasteiger partial charge in [0.05, 0.1) is 35.0 Å². The van der Waals surface area contributed by atoms with Crippen molar-refractivity contribution in [2.24, 2.45) is 18.9 Å². The third kappa shape index (κ3) is 4.85. The van der Waals surface area contributed by atoms with E-state index in [2.05, 4.69) is 25.6 Å². The van der Waals surface area contributed by atoms with Crippen LogP contribution in [-0.4, -0.2) is 42.7 Å². The second-order valence-corrected chi connectivity index (χ2v) is 9.98. The lowest BCUT2D eigenvalue weighted by atomic mass is 9.92. The molecule has 2 aliphatic rings. The van der Waals surface area contributed by atoms with Crippen molar-refractivity contribution >= 4 is 29.1 Å². The van der Waals surface area contributed by atoms with Gasteiger partial charge in [-0.05, 0) is 55.7 Å². The minimum Gasteiger partial charge on any atom is -0.388 e. The van der Waals surface area contributed by atoms with Crippen molar-refractivity contribution in [2.45, 2.75) is 37.2 Å². The number of amides is 1. The summed E-state index contributed by atoms with van der Waals surface area (Å²) in [7, 11) is 1.76. The molecule has 2 aliphatic carbocycles. The highest BCUT2D eigenvalue weighted by Crippen LogP contribution is 2.54. The minimum absolute atomic E-state index is 0.0652. The van der Waals surface area contributed by atoms with Gasteiger partial charge in [0.15, 0.2) is 5.82 Å². The molecular weight excluding hydrogens is 478 g/mol. The fourth-order valence-electron chi connectivity index (χ4n) is 5.57. The minimum atomic E-state index is -0.899. The van der Waals surface area contributed by atoms with E-state index in [9.17, 15) is 18.7 Å². The van der Waals surface area contributed by atoms with E-state index in [0.29, 0.717) is 36.1 Å². The van der Waals surface area contributed by atoms with E-state index in [4.69, 9.17) is 11.6 Å². The zero-order chi connectivity index (χ0) is 24.7. The van der Waals surface area contributed by atoms with Gasteiger partial charge in [0.2, 0.25) is 5.95 Å². The Labute approximate surface area is 205 Å². The van der Waals surface area contributed by atoms with E-state index < -0.39 is 17.2 Å². The summed E-state index contributed by atoms with van der Waals surface area (Å²) in [6.07, 6.45) is 6.66. The van der Waals surface area contributed by atoms with Crippen LogP contribution in [-0.2, 0) is 7.05 Å². The van der Waals surface area contributed by atoms with Crippen molar-refractivity contribution < 1.29 is 18.7 Å². The number of nitrogens with zero attached hydrogens (tertiary/aromatic N) is 4. The third-order valence-corrected chi connectivity index (χ3v) is 7.36. The van der Waals surface area contributed by atoms with Gasteiger partial charge in [-0.2, -0.15) is 0 Å². The predicted molar refractivity (Wildman–Crippen MR) is 126 cm³/mol. The first-order chi connectivity index (χ1) is 16.7. The summed E-state index contributed by atoms with van der Waals surface area (Å²) in [4.78, 5) is 25.4. The summed E-state index contributed by atoms with van der Waals surface area (Å²) in [5.74, 6) is -0.421. The molecule has 8 nitrogen and oxygen atoms in total. The number of aliphatic hydroxyl groups is 1. The maximum absolute atomic E-state index is 13.5. The molecule has 3 aromatic rings. The Kier molecular flexibility index (Phi) is 6.18. The molecule has 3 N–H and O–H groups in total. The first kappa shape index (κ1) is 23.6. The van der Waals surface area contributed by atoms with Gasteiger partial charge in [-0.15, -0.1) is 0 Å². The summed E-state index contributed by atoms with van der Waals surface area (Å²) in [5.41, 5.74) is 0.693. The summed E-state index contributed by atoms with van der Waals surface area (Å²) in [6, 6.07) is 4.04. The number of fused-ring (bicyclic) bond motifs is 1. The Morgan fingerprint density at radius 3 is 2.54 bits per heavy atom. The van der Waals surface area contributed by atoms with Crippen molar-refractivity contribution in [2.75, 3.05) is 17.2 Å². The maximum atomic E-state index is 13.5. The molecule has 0 spiro atoms. The first-order valence-electron chi connectivity index (χ1n) is 11.4. The molecule has 0 saturated heterocycles. The lowest BCUT2D eigenvalue weighted by Crippen LogP contribution is -2.35. The van der Waals surface area contributed by atoms with Gasteiger partial charge in [0.25, 0.3) is 5.91 Å². The third-order valence-electron chi connectivity index (χ3n) is 7.07. The van der Waals surface area contributed by atoms with Crippen LogP contribution in [0, 0.1) is 23.5 Å². The molecule has 2 unspecified atom stereocenters. The highest BCUT2D eigenvalue weighted by Gasteiger charge is 2.49. The number of aryl methyl sites for hydroxylation is 1. The van der Waals surface area contributed by atoms with E-state index in [1.165, 1.54) is 18.2 Å². The van der Waals surface area contributed by atoms with Crippen molar-refractivity contribution in [3.05, 3.63) is 65.0 Å². The normalized spacial score (nSPS) is 25.5. The number of benzene rings is 1. The van der Waals surface area contributed by atoms with Crippen LogP contribution in [0.15, 0.2) is 36.9 Å². The van der Waals surface area contributed by atoms with Crippen LogP contribution in [0.2, 0.25) is 5.02 Å². The second kappa shape index (κ2) is 9.16. The Morgan fingerprint density at radius 2 is 1.89 bits per heavy atom. The molecule has 11 heteroatoms. The number of anilines is 2. The molecule has 1 amide bonds. The van der Waals surface area contributed by atoms with Crippen LogP contribution in [0.4, 0.5) is 20.4 Å². The smallest absolute Gasteiger partial charge is 0.274 e. The summed E-state index contributed by atoms with van der Waals surface area (Å²) in [6.45, 7) is 0.285. The van der Waals surface area contributed by atoms with Crippen LogP contribution < -0.4 is 10.6 Å². The highest BCUT2D eigenvalue weighted by atomic mass is 35.5. The van der Waals surface area contributed by atoms with Gasteiger partial charge in [0, 0.05) is 25.2 Å². The van der Waals surface area contributed by atoms with Crippen LogP contribution in [0.5, 0.6) is 0 Å². The number of rotatable bonds is 6. The summed E-state index contributed by atoms with van der Waals surface area (Å²) < 4.78 is 28.1. The molecule has 35 heavy (non-hydrogen) atoms. The van der Waals surface area contributed by atoms with E-state index >= 15 is 0 Å². The molecule has 2 heterocycles. The fourth-order valence-corrected chi connectivity index (χ4v) is 5.75. The summed E-state index contributed by atoms with van der Waals surface area (Å²) >= 11 is 5.84. The van der Waals surface area contributed by atoms with Gasteiger partial charge >= 0.3 is 0 Å². The monoisotopic (exact) mass is 502 g/mol. The number of hydrogen-bond acceptors (Lipinski definition) is 6. The first-order valence-corrected chi connectivity index (χ1v) is 11.8. The Balaban J connectivity index is 1.24. The second-order valence-electron chi connectivity index (χ2n) is 9.57. The van der Waals surface area contributed by atoms with E-state index in [0.717, 1.165) is 30.9 Å². The summed E-state index contributed by atoms with van der Waals surface area (Å²) in [5, 5.41) is 16.8. The largest absolute Gasteiger partial charge is 0.388 e. The van der Waals surface area contributed by atoms with Crippen LogP contribution in [0.1, 0.15) is 47.8 Å². The molecule has 2 fully saturated rings. The van der Waals surface area contributed by atoms with Gasteiger partial charge in [-0.3, -0.25) is 4.79 Å². The molecule has 0 radical (unpaired) electrons. The number of aromatic nitrogens is 4. The number of carbonyl (C=O) groups excluding carboxylic acids is 1. The molecule has 184 valence electrons. The van der Waals surface area contributed by atoms with Crippen LogP contribution in [0.3, 0.4) is 0 Å². The topological polar surface area (TPSA) is 105 Å². The van der Waals surface area contributed by atoms with Gasteiger partial charge in [-0.1, -0.05) is 11.6 Å². The molecule has 2 atom stereocenters. The van der Waals surface area contributed by atoms with Crippen molar-refractivity contribution in [3.63, 3.8) is 0 Å². The van der Waals surface area contributed by atoms with Crippen LogP contribution >= 0.6 is 11.6 Å². The van der Waals surface area contributed by atoms with Crippen molar-refractivity contribution in [1.82, 2.24) is 19.5 Å². The van der Waals surface area contributed by atoms with Gasteiger partial charge in [0.1, 0.15) is 11.5 Å². The number of imidazole rings is 1. The lowest BCUT2D eigenvalue weighted by Gasteiger charge is -2.25. The quantitative estimate of drug-likeness (QED) is 0.468. The number of nitrogens with one attached hydrogen (secondary N) is 2. The molecule has 2 aromatic heterocycles. The van der Waals surface area contributed by atoms with Crippen molar-refractivity contribution in [1.29, 1.82) is 0 Å². The van der Waals surface area contributed by atoms with Gasteiger partial charge < -0.3 is 20.3 Å². The van der Waals surface area contributed by atoms with Crippen LogP contribution in [0.25, 0.3) is 0 Å². The lowest BCUT2D eigenvalue weighted by molar-refractivity contribution is 0.0513. The molecule has 0 aliphatic heterocycles. The molecule has 2 saturated carbocycles. The Bertz CT molecular complexity index is 1240. The standard InChI is InChI=1S/C24H25ClF2N6O2/c1-33-12-31-20(21(33)22(34)32-17-2-3-19(27)18(25)6-17)13-4-14-7-24(35,8-15(14)5-13)11-30-23-28-9-16(26)10-29-23/h2-3,6,9-10,12-15,35H,4-5,7-8,11H2,1H3,(H,32,34)(H,28,29,30). The van der Waals surface area contributed by atoms with Gasteiger partial charge in [-0.25, -0.2) is 23.7 Å². The average molecular weight is 503 g/mol.